The average Bonchev–Trinajstić information content (AvgIpc) is 3.01. The lowest BCUT2D eigenvalue weighted by Crippen LogP contribution is -2.28. The maximum atomic E-state index is 12.4. The van der Waals surface area contributed by atoms with Crippen molar-refractivity contribution in [3.63, 3.8) is 0 Å². The minimum Gasteiger partial charge on any atom is -0.497 e. The predicted molar refractivity (Wildman–Crippen MR) is 124 cm³/mol. The Morgan fingerprint density at radius 1 is 1.07 bits per heavy atom. The molecule has 0 unspecified atom stereocenters. The maximum absolute atomic E-state index is 12.4. The highest BCUT2D eigenvalue weighted by Gasteiger charge is 2.31. The van der Waals surface area contributed by atoms with E-state index in [4.69, 9.17) is 21.7 Å². The minimum atomic E-state index is -0.473. The van der Waals surface area contributed by atoms with Gasteiger partial charge in [0.25, 0.3) is 5.91 Å². The molecule has 0 saturated carbocycles. The van der Waals surface area contributed by atoms with E-state index in [2.05, 4.69) is 0 Å². The fourth-order valence-electron chi connectivity index (χ4n) is 2.73. The number of ether oxygens (including phenoxy) is 2. The SMILES string of the molecule is CCCN1C(=O)/C(=C\c2ccc(OC(=O)/C=C/c3ccc(OC)cc3)cc2)SC1=S. The van der Waals surface area contributed by atoms with Gasteiger partial charge in [0.15, 0.2) is 0 Å². The highest BCUT2D eigenvalue weighted by atomic mass is 32.2. The van der Waals surface area contributed by atoms with Gasteiger partial charge in [0, 0.05) is 12.6 Å². The summed E-state index contributed by atoms with van der Waals surface area (Å²) in [6.45, 7) is 2.63. The van der Waals surface area contributed by atoms with Gasteiger partial charge in [0.1, 0.15) is 15.8 Å². The Kier molecular flexibility index (Phi) is 7.43. The maximum Gasteiger partial charge on any atom is 0.336 e. The number of hydrogen-bond acceptors (Lipinski definition) is 6. The Hall–Kier alpha value is -2.90. The monoisotopic (exact) mass is 439 g/mol. The van der Waals surface area contributed by atoms with Crippen molar-refractivity contribution in [3.8, 4) is 11.5 Å². The van der Waals surface area contributed by atoms with E-state index in [1.165, 1.54) is 17.8 Å². The molecule has 5 nitrogen and oxygen atoms in total. The lowest BCUT2D eigenvalue weighted by Gasteiger charge is -2.11. The van der Waals surface area contributed by atoms with E-state index in [-0.39, 0.29) is 5.91 Å². The van der Waals surface area contributed by atoms with Gasteiger partial charge in [0.2, 0.25) is 0 Å². The molecular formula is C23H21NO4S2. The number of amides is 1. The van der Waals surface area contributed by atoms with Crippen molar-refractivity contribution < 1.29 is 19.1 Å². The summed E-state index contributed by atoms with van der Waals surface area (Å²) in [7, 11) is 1.60. The quantitative estimate of drug-likeness (QED) is 0.264. The number of methoxy groups -OCH3 is 1. The van der Waals surface area contributed by atoms with Crippen molar-refractivity contribution in [2.24, 2.45) is 0 Å². The van der Waals surface area contributed by atoms with Crippen LogP contribution in [0.2, 0.25) is 0 Å². The van der Waals surface area contributed by atoms with Crippen molar-refractivity contribution in [2.75, 3.05) is 13.7 Å². The molecule has 2 aromatic rings. The van der Waals surface area contributed by atoms with Crippen LogP contribution in [0.5, 0.6) is 11.5 Å². The number of carbonyl (C=O) groups excluding carboxylic acids is 2. The number of esters is 1. The van der Waals surface area contributed by atoms with Crippen LogP contribution in [0, 0.1) is 0 Å². The van der Waals surface area contributed by atoms with Gasteiger partial charge in [-0.3, -0.25) is 9.69 Å². The van der Waals surface area contributed by atoms with Gasteiger partial charge in [-0.05, 0) is 54.0 Å². The molecule has 1 heterocycles. The molecular weight excluding hydrogens is 418 g/mol. The van der Waals surface area contributed by atoms with Crippen LogP contribution in [-0.4, -0.2) is 34.8 Å². The van der Waals surface area contributed by atoms with Crippen LogP contribution >= 0.6 is 24.0 Å². The van der Waals surface area contributed by atoms with E-state index < -0.39 is 5.97 Å². The summed E-state index contributed by atoms with van der Waals surface area (Å²) in [6.07, 6.45) is 5.69. The topological polar surface area (TPSA) is 55.8 Å². The first-order valence-corrected chi connectivity index (χ1v) is 10.6. The predicted octanol–water partition coefficient (Wildman–Crippen LogP) is 4.93. The molecule has 0 bridgehead atoms. The molecule has 0 spiro atoms. The summed E-state index contributed by atoms with van der Waals surface area (Å²) in [5.41, 5.74) is 1.70. The number of thiocarbonyl (C=S) groups is 1. The second kappa shape index (κ2) is 10.2. The van der Waals surface area contributed by atoms with Gasteiger partial charge in [-0.2, -0.15) is 0 Å². The largest absolute Gasteiger partial charge is 0.497 e. The molecule has 1 aliphatic rings. The second-order valence-electron chi connectivity index (χ2n) is 6.43. The summed E-state index contributed by atoms with van der Waals surface area (Å²) in [5, 5.41) is 0. The van der Waals surface area contributed by atoms with Crippen LogP contribution in [0.25, 0.3) is 12.2 Å². The third kappa shape index (κ3) is 5.58. The van der Waals surface area contributed by atoms with Gasteiger partial charge in [0.05, 0.1) is 12.0 Å². The molecule has 0 aromatic heterocycles. The summed E-state index contributed by atoms with van der Waals surface area (Å²) in [6, 6.07) is 14.3. The van der Waals surface area contributed by atoms with Crippen molar-refractivity contribution >= 4 is 52.3 Å². The van der Waals surface area contributed by atoms with Gasteiger partial charge in [-0.25, -0.2) is 4.79 Å². The number of rotatable bonds is 7. The van der Waals surface area contributed by atoms with Crippen LogP contribution in [0.3, 0.4) is 0 Å². The number of hydrogen-bond donors (Lipinski definition) is 0. The zero-order chi connectivity index (χ0) is 21.5. The van der Waals surface area contributed by atoms with Crippen LogP contribution in [0.1, 0.15) is 24.5 Å². The third-order valence-electron chi connectivity index (χ3n) is 4.24. The molecule has 0 aliphatic carbocycles. The van der Waals surface area contributed by atoms with E-state index in [9.17, 15) is 9.59 Å². The lowest BCUT2D eigenvalue weighted by atomic mass is 10.2. The lowest BCUT2D eigenvalue weighted by molar-refractivity contribution is -0.129. The first-order valence-electron chi connectivity index (χ1n) is 9.39. The first-order chi connectivity index (χ1) is 14.5. The molecule has 7 heteroatoms. The summed E-state index contributed by atoms with van der Waals surface area (Å²) < 4.78 is 11.0. The van der Waals surface area contributed by atoms with Gasteiger partial charge in [-0.1, -0.05) is 55.2 Å². The number of nitrogens with zero attached hydrogens (tertiary/aromatic N) is 1. The van der Waals surface area contributed by atoms with E-state index in [0.717, 1.165) is 23.3 Å². The summed E-state index contributed by atoms with van der Waals surface area (Å²) in [4.78, 5) is 26.7. The molecule has 0 atom stereocenters. The Morgan fingerprint density at radius 2 is 1.70 bits per heavy atom. The summed E-state index contributed by atoms with van der Waals surface area (Å²) in [5.74, 6) is 0.641. The standard InChI is InChI=1S/C23H21NO4S2/c1-3-14-24-22(26)20(30-23(24)29)15-17-6-11-19(12-7-17)28-21(25)13-8-16-4-9-18(27-2)10-5-16/h4-13,15H,3,14H2,1-2H3/b13-8+,20-15+. The van der Waals surface area contributed by atoms with Crippen molar-refractivity contribution in [2.45, 2.75) is 13.3 Å². The Morgan fingerprint density at radius 3 is 2.33 bits per heavy atom. The van der Waals surface area contributed by atoms with Crippen molar-refractivity contribution in [3.05, 3.63) is 70.6 Å². The minimum absolute atomic E-state index is 0.0639. The fourth-order valence-corrected chi connectivity index (χ4v) is 4.04. The zero-order valence-corrected chi connectivity index (χ0v) is 18.3. The van der Waals surface area contributed by atoms with Crippen LogP contribution in [0.15, 0.2) is 59.5 Å². The highest BCUT2D eigenvalue weighted by Crippen LogP contribution is 2.32. The van der Waals surface area contributed by atoms with E-state index in [1.54, 1.807) is 48.4 Å². The molecule has 3 rings (SSSR count). The molecule has 2 aromatic carbocycles. The Bertz CT molecular complexity index is 995. The highest BCUT2D eigenvalue weighted by molar-refractivity contribution is 8.26. The molecule has 1 aliphatic heterocycles. The van der Waals surface area contributed by atoms with E-state index >= 15 is 0 Å². The van der Waals surface area contributed by atoms with Crippen molar-refractivity contribution in [1.82, 2.24) is 4.90 Å². The first kappa shape index (κ1) is 21.8. The van der Waals surface area contributed by atoms with Crippen LogP contribution < -0.4 is 9.47 Å². The van der Waals surface area contributed by atoms with Gasteiger partial charge >= 0.3 is 5.97 Å². The molecule has 0 N–H and O–H groups in total. The molecule has 1 amide bonds. The number of thioether (sulfide) groups is 1. The smallest absolute Gasteiger partial charge is 0.336 e. The van der Waals surface area contributed by atoms with E-state index in [0.29, 0.717) is 21.5 Å². The fraction of sp³-hybridized carbons (Fsp3) is 0.174. The molecule has 30 heavy (non-hydrogen) atoms. The Balaban J connectivity index is 1.60. The number of benzene rings is 2. The molecule has 1 fully saturated rings. The normalized spacial score (nSPS) is 15.3. The van der Waals surface area contributed by atoms with Crippen molar-refractivity contribution in [1.29, 1.82) is 0 Å². The average molecular weight is 440 g/mol. The summed E-state index contributed by atoms with van der Waals surface area (Å²) >= 11 is 6.58. The number of carbonyl (C=O) groups is 2. The molecule has 0 radical (unpaired) electrons. The zero-order valence-electron chi connectivity index (χ0n) is 16.7. The Labute approximate surface area is 185 Å². The molecule has 1 saturated heterocycles. The second-order valence-corrected chi connectivity index (χ2v) is 8.11. The van der Waals surface area contributed by atoms with Gasteiger partial charge < -0.3 is 9.47 Å². The van der Waals surface area contributed by atoms with Gasteiger partial charge in [-0.15, -0.1) is 0 Å². The van der Waals surface area contributed by atoms with Crippen LogP contribution in [-0.2, 0) is 9.59 Å². The van der Waals surface area contributed by atoms with Crippen LogP contribution in [0.4, 0.5) is 0 Å². The third-order valence-corrected chi connectivity index (χ3v) is 5.62. The molecule has 154 valence electrons. The van der Waals surface area contributed by atoms with E-state index in [1.807, 2.05) is 31.2 Å².